The van der Waals surface area contributed by atoms with Gasteiger partial charge in [-0.2, -0.15) is 0 Å². The molecule has 5 nitrogen and oxygen atoms in total. The van der Waals surface area contributed by atoms with Crippen LogP contribution in [0.25, 0.3) is 11.1 Å². The predicted molar refractivity (Wildman–Crippen MR) is 84.4 cm³/mol. The number of nitro groups is 1. The quantitative estimate of drug-likeness (QED) is 0.447. The van der Waals surface area contributed by atoms with Gasteiger partial charge in [-0.15, -0.1) is 0 Å². The van der Waals surface area contributed by atoms with Gasteiger partial charge in [0.05, 0.1) is 24.7 Å². The molecule has 0 aliphatic rings. The van der Waals surface area contributed by atoms with Gasteiger partial charge in [0.1, 0.15) is 11.5 Å². The van der Waals surface area contributed by atoms with Crippen LogP contribution in [0, 0.1) is 10.1 Å². The maximum Gasteiger partial charge on any atom is 0.273 e. The second kappa shape index (κ2) is 7.08. The average molecular weight is 352 g/mol. The molecule has 0 aliphatic heterocycles. The highest BCUT2D eigenvalue weighted by atomic mass is 79.9. The summed E-state index contributed by atoms with van der Waals surface area (Å²) in [6.07, 6.45) is 0. The van der Waals surface area contributed by atoms with Crippen molar-refractivity contribution in [2.45, 2.75) is 0 Å². The summed E-state index contributed by atoms with van der Waals surface area (Å²) in [7, 11) is 1.59. The molecule has 0 heterocycles. The van der Waals surface area contributed by atoms with E-state index in [0.29, 0.717) is 23.4 Å². The number of benzene rings is 2. The number of halogens is 1. The van der Waals surface area contributed by atoms with Crippen molar-refractivity contribution in [2.75, 3.05) is 19.0 Å². The van der Waals surface area contributed by atoms with E-state index in [1.807, 2.05) is 24.3 Å². The molecular weight excluding hydrogens is 338 g/mol. The Hall–Kier alpha value is -2.08. The molecule has 0 spiro atoms. The van der Waals surface area contributed by atoms with Crippen molar-refractivity contribution in [2.24, 2.45) is 0 Å². The molecule has 21 heavy (non-hydrogen) atoms. The van der Waals surface area contributed by atoms with Gasteiger partial charge in [0.15, 0.2) is 0 Å². The van der Waals surface area contributed by atoms with Crippen LogP contribution in [-0.2, 0) is 0 Å². The van der Waals surface area contributed by atoms with E-state index in [1.165, 1.54) is 12.1 Å². The number of non-ortho nitro benzene ring substituents is 1. The summed E-state index contributed by atoms with van der Waals surface area (Å²) in [6.45, 7) is 0.420. The van der Waals surface area contributed by atoms with Gasteiger partial charge in [-0.05, 0) is 12.1 Å². The van der Waals surface area contributed by atoms with Crippen LogP contribution in [0.1, 0.15) is 0 Å². The first-order chi connectivity index (χ1) is 10.2. The first-order valence-electron chi connectivity index (χ1n) is 6.28. The lowest BCUT2D eigenvalue weighted by atomic mass is 10.0. The number of hydrogen-bond acceptors (Lipinski definition) is 4. The Morgan fingerprint density at radius 3 is 2.52 bits per heavy atom. The van der Waals surface area contributed by atoms with Crippen LogP contribution in [0.5, 0.6) is 11.5 Å². The lowest BCUT2D eigenvalue weighted by molar-refractivity contribution is -0.384. The van der Waals surface area contributed by atoms with Crippen molar-refractivity contribution in [3.05, 3.63) is 52.6 Å². The monoisotopic (exact) mass is 351 g/mol. The van der Waals surface area contributed by atoms with E-state index >= 15 is 0 Å². The molecule has 0 bridgehead atoms. The van der Waals surface area contributed by atoms with E-state index in [0.717, 1.165) is 11.1 Å². The molecule has 0 N–H and O–H groups in total. The molecule has 0 unspecified atom stereocenters. The number of nitro benzene ring substituents is 1. The van der Waals surface area contributed by atoms with Crippen LogP contribution in [0.2, 0.25) is 0 Å². The number of hydrogen-bond donors (Lipinski definition) is 0. The number of rotatable bonds is 6. The highest BCUT2D eigenvalue weighted by molar-refractivity contribution is 9.09. The second-order valence-electron chi connectivity index (χ2n) is 4.18. The highest BCUT2D eigenvalue weighted by Crippen LogP contribution is 2.38. The fourth-order valence-corrected chi connectivity index (χ4v) is 2.14. The van der Waals surface area contributed by atoms with E-state index in [9.17, 15) is 10.1 Å². The number of para-hydroxylation sites is 1. The molecule has 0 fully saturated rings. The fraction of sp³-hybridized carbons (Fsp3) is 0.200. The summed E-state index contributed by atoms with van der Waals surface area (Å²) in [4.78, 5) is 10.5. The maximum atomic E-state index is 10.9. The van der Waals surface area contributed by atoms with Crippen LogP contribution in [0.15, 0.2) is 42.5 Å². The van der Waals surface area contributed by atoms with E-state index in [2.05, 4.69) is 15.9 Å². The van der Waals surface area contributed by atoms with Crippen LogP contribution in [0.4, 0.5) is 5.69 Å². The summed E-state index contributed by atoms with van der Waals surface area (Å²) in [6, 6.07) is 12.1. The van der Waals surface area contributed by atoms with E-state index in [-0.39, 0.29) is 5.69 Å². The zero-order valence-corrected chi connectivity index (χ0v) is 13.0. The molecule has 2 aromatic rings. The Kier molecular flexibility index (Phi) is 5.16. The summed E-state index contributed by atoms with van der Waals surface area (Å²) >= 11 is 3.28. The molecule has 0 saturated carbocycles. The average Bonchev–Trinajstić information content (AvgIpc) is 2.52. The normalized spacial score (nSPS) is 10.2. The topological polar surface area (TPSA) is 61.6 Å². The molecule has 0 radical (unpaired) electrons. The van der Waals surface area contributed by atoms with Gasteiger partial charge in [0, 0.05) is 22.5 Å². The molecule has 0 atom stereocenters. The second-order valence-corrected chi connectivity index (χ2v) is 4.97. The van der Waals surface area contributed by atoms with Gasteiger partial charge < -0.3 is 9.47 Å². The number of methoxy groups -OCH3 is 1. The minimum Gasteiger partial charge on any atom is -0.496 e. The minimum atomic E-state index is -0.438. The molecule has 2 rings (SSSR count). The van der Waals surface area contributed by atoms with Crippen LogP contribution >= 0.6 is 15.9 Å². The van der Waals surface area contributed by atoms with Crippen molar-refractivity contribution < 1.29 is 14.4 Å². The fourth-order valence-electron chi connectivity index (χ4n) is 1.98. The van der Waals surface area contributed by atoms with E-state index in [1.54, 1.807) is 13.2 Å². The van der Waals surface area contributed by atoms with Crippen LogP contribution < -0.4 is 9.47 Å². The number of nitrogens with zero attached hydrogens (tertiary/aromatic N) is 1. The third-order valence-electron chi connectivity index (χ3n) is 2.91. The first-order valence-corrected chi connectivity index (χ1v) is 7.40. The Bertz CT molecular complexity index is 645. The zero-order valence-electron chi connectivity index (χ0n) is 11.4. The lowest BCUT2D eigenvalue weighted by Gasteiger charge is -2.13. The van der Waals surface area contributed by atoms with Gasteiger partial charge in [0.2, 0.25) is 0 Å². The lowest BCUT2D eigenvalue weighted by Crippen LogP contribution is -2.01. The largest absolute Gasteiger partial charge is 0.496 e. The van der Waals surface area contributed by atoms with Gasteiger partial charge >= 0.3 is 0 Å². The summed E-state index contributed by atoms with van der Waals surface area (Å²) < 4.78 is 11.0. The Morgan fingerprint density at radius 1 is 1.14 bits per heavy atom. The Balaban J connectivity index is 2.53. The highest BCUT2D eigenvalue weighted by Gasteiger charge is 2.15. The minimum absolute atomic E-state index is 0.00165. The van der Waals surface area contributed by atoms with Gasteiger partial charge in [0.25, 0.3) is 5.69 Å². The van der Waals surface area contributed by atoms with Crippen molar-refractivity contribution in [1.82, 2.24) is 0 Å². The molecule has 110 valence electrons. The molecule has 0 saturated heterocycles. The van der Waals surface area contributed by atoms with E-state index < -0.39 is 4.92 Å². The predicted octanol–water partition coefficient (Wildman–Crippen LogP) is 4.04. The van der Waals surface area contributed by atoms with Crippen LogP contribution in [-0.4, -0.2) is 24.0 Å². The SMILES string of the molecule is COc1ccccc1-c1ccc([N+](=O)[O-])cc1OCCBr. The molecule has 2 aromatic carbocycles. The van der Waals surface area contributed by atoms with Crippen LogP contribution in [0.3, 0.4) is 0 Å². The van der Waals surface area contributed by atoms with Crippen molar-refractivity contribution in [3.63, 3.8) is 0 Å². The summed E-state index contributed by atoms with van der Waals surface area (Å²) in [5, 5.41) is 11.6. The van der Waals surface area contributed by atoms with Crippen molar-refractivity contribution >= 4 is 21.6 Å². The Labute approximate surface area is 130 Å². The first kappa shape index (κ1) is 15.3. The summed E-state index contributed by atoms with van der Waals surface area (Å²) in [5.74, 6) is 1.16. The van der Waals surface area contributed by atoms with Gasteiger partial charge in [-0.25, -0.2) is 0 Å². The number of alkyl halides is 1. The Morgan fingerprint density at radius 2 is 1.86 bits per heavy atom. The molecular formula is C15H14BrNO4. The van der Waals surface area contributed by atoms with Gasteiger partial charge in [-0.3, -0.25) is 10.1 Å². The standard InChI is InChI=1S/C15H14BrNO4/c1-20-14-5-3-2-4-12(14)13-7-6-11(17(18)19)10-15(13)21-9-8-16/h2-7,10H,8-9H2,1H3. The zero-order chi connectivity index (χ0) is 15.2. The molecule has 0 aliphatic carbocycles. The maximum absolute atomic E-state index is 10.9. The smallest absolute Gasteiger partial charge is 0.273 e. The van der Waals surface area contributed by atoms with E-state index in [4.69, 9.17) is 9.47 Å². The van der Waals surface area contributed by atoms with Crippen molar-refractivity contribution in [3.8, 4) is 22.6 Å². The van der Waals surface area contributed by atoms with Crippen molar-refractivity contribution in [1.29, 1.82) is 0 Å². The molecule has 0 amide bonds. The molecule has 6 heteroatoms. The summed E-state index contributed by atoms with van der Waals surface area (Å²) in [5.41, 5.74) is 1.59. The third kappa shape index (κ3) is 3.52. The third-order valence-corrected chi connectivity index (χ3v) is 3.23. The number of ether oxygens (including phenoxy) is 2. The molecule has 0 aromatic heterocycles. The van der Waals surface area contributed by atoms with Gasteiger partial charge in [-0.1, -0.05) is 34.1 Å².